The molecule has 0 spiro atoms. The fraction of sp³-hybridized carbons (Fsp3) is 0.174. The number of phenolic OH excluding ortho intramolecular Hbond substituents is 1. The van der Waals surface area contributed by atoms with E-state index in [-0.39, 0.29) is 0 Å². The number of unbranched alkanes of at least 4 members (excludes halogenated alkanes) is 2. The van der Waals surface area contributed by atoms with Crippen LogP contribution in [0.5, 0.6) is 5.75 Å². The first-order valence-electron chi connectivity index (χ1n) is 18.1. The van der Waals surface area contributed by atoms with Crippen LogP contribution in [0.15, 0.2) is 137 Å². The Labute approximate surface area is 298 Å². The summed E-state index contributed by atoms with van der Waals surface area (Å²) in [7, 11) is 0. The number of imidazole rings is 1. The predicted octanol–water partition coefficient (Wildman–Crippen LogP) is 12.4. The standard InChI is InChI=1S/C46H41N3O2/c1-3-5-16-31-28-32(17-6-4-2)44(50)33(29-31)30-47-40-25-12-10-21-39(40)46-48-43-36(22-15-26-41(43)49(46)34-18-8-7-9-19-34)38-24-14-23-37-35-20-11-13-27-42(35)51-45(37)38/h7-15,18-30,50H,3-6,16-17H2,1-2H3. The first kappa shape index (κ1) is 32.3. The summed E-state index contributed by atoms with van der Waals surface area (Å²) >= 11 is 0. The molecule has 5 heteroatoms. The third-order valence-electron chi connectivity index (χ3n) is 9.78. The molecule has 8 rings (SSSR count). The molecule has 1 N–H and O–H groups in total. The van der Waals surface area contributed by atoms with Crippen molar-refractivity contribution in [1.29, 1.82) is 0 Å². The fourth-order valence-electron chi connectivity index (χ4n) is 7.18. The van der Waals surface area contributed by atoms with Gasteiger partial charge in [0.15, 0.2) is 0 Å². The number of rotatable bonds is 11. The Hall–Kier alpha value is -5.94. The van der Waals surface area contributed by atoms with Crippen LogP contribution in [0.2, 0.25) is 0 Å². The summed E-state index contributed by atoms with van der Waals surface area (Å²) in [6, 6.07) is 43.7. The lowest BCUT2D eigenvalue weighted by atomic mass is 9.97. The summed E-state index contributed by atoms with van der Waals surface area (Å²) in [5.41, 5.74) is 11.3. The Kier molecular flexibility index (Phi) is 8.94. The molecular formula is C46H41N3O2. The van der Waals surface area contributed by atoms with E-state index in [1.54, 1.807) is 0 Å². The highest BCUT2D eigenvalue weighted by Crippen LogP contribution is 2.41. The SMILES string of the molecule is CCCCc1cc(C=Nc2ccccc2-c2nc3c(-c4cccc5c4oc4ccccc45)cccc3n2-c2ccccc2)c(O)c(CCCC)c1. The molecule has 5 nitrogen and oxygen atoms in total. The Morgan fingerprint density at radius 1 is 0.706 bits per heavy atom. The number of phenols is 1. The third kappa shape index (κ3) is 6.10. The van der Waals surface area contributed by atoms with Crippen molar-refractivity contribution in [3.05, 3.63) is 144 Å². The molecule has 51 heavy (non-hydrogen) atoms. The van der Waals surface area contributed by atoms with Crippen LogP contribution >= 0.6 is 0 Å². The first-order chi connectivity index (χ1) is 25.1. The number of hydrogen-bond donors (Lipinski definition) is 1. The molecule has 0 saturated heterocycles. The van der Waals surface area contributed by atoms with Gasteiger partial charge < -0.3 is 9.52 Å². The number of aryl methyl sites for hydroxylation is 2. The maximum Gasteiger partial charge on any atom is 0.147 e. The van der Waals surface area contributed by atoms with E-state index in [2.05, 4.69) is 103 Å². The minimum absolute atomic E-state index is 0.325. The van der Waals surface area contributed by atoms with Crippen molar-refractivity contribution in [2.45, 2.75) is 52.4 Å². The van der Waals surface area contributed by atoms with Crippen LogP contribution in [0.3, 0.4) is 0 Å². The van der Waals surface area contributed by atoms with E-state index >= 15 is 0 Å². The van der Waals surface area contributed by atoms with Gasteiger partial charge in [-0.1, -0.05) is 112 Å². The van der Waals surface area contributed by atoms with Crippen molar-refractivity contribution in [2.75, 3.05) is 0 Å². The predicted molar refractivity (Wildman–Crippen MR) is 212 cm³/mol. The van der Waals surface area contributed by atoms with Crippen molar-refractivity contribution in [3.8, 4) is 34.0 Å². The van der Waals surface area contributed by atoms with Crippen LogP contribution in [-0.4, -0.2) is 20.9 Å². The van der Waals surface area contributed by atoms with Gasteiger partial charge in [-0.3, -0.25) is 9.56 Å². The lowest BCUT2D eigenvalue weighted by Gasteiger charge is -2.12. The molecular weight excluding hydrogens is 627 g/mol. The van der Waals surface area contributed by atoms with E-state index in [1.165, 1.54) is 5.56 Å². The Bertz CT molecular complexity index is 2520. The Balaban J connectivity index is 1.30. The fourth-order valence-corrected chi connectivity index (χ4v) is 7.18. The van der Waals surface area contributed by atoms with E-state index in [1.807, 2.05) is 48.7 Å². The second-order valence-electron chi connectivity index (χ2n) is 13.2. The van der Waals surface area contributed by atoms with Crippen LogP contribution < -0.4 is 0 Å². The number of fused-ring (bicyclic) bond motifs is 4. The Morgan fingerprint density at radius 2 is 1.41 bits per heavy atom. The summed E-state index contributed by atoms with van der Waals surface area (Å²) in [6.45, 7) is 4.39. The topological polar surface area (TPSA) is 63.5 Å². The molecule has 6 aromatic carbocycles. The Morgan fingerprint density at radius 3 is 2.27 bits per heavy atom. The van der Waals surface area contributed by atoms with E-state index < -0.39 is 0 Å². The zero-order valence-corrected chi connectivity index (χ0v) is 29.1. The van der Waals surface area contributed by atoms with E-state index in [9.17, 15) is 5.11 Å². The highest BCUT2D eigenvalue weighted by atomic mass is 16.3. The highest BCUT2D eigenvalue weighted by Gasteiger charge is 2.21. The molecule has 0 aliphatic rings. The molecule has 8 aromatic rings. The van der Waals surface area contributed by atoms with E-state index in [0.29, 0.717) is 5.75 Å². The molecule has 0 atom stereocenters. The van der Waals surface area contributed by atoms with E-state index in [4.69, 9.17) is 14.4 Å². The molecule has 0 amide bonds. The minimum atomic E-state index is 0.325. The molecule has 2 aromatic heterocycles. The molecule has 0 bridgehead atoms. The van der Waals surface area contributed by atoms with Crippen LogP contribution in [0.1, 0.15) is 56.2 Å². The number of benzene rings is 6. The number of para-hydroxylation sites is 5. The van der Waals surface area contributed by atoms with Crippen LogP contribution in [0.4, 0.5) is 5.69 Å². The second kappa shape index (κ2) is 14.1. The molecule has 2 heterocycles. The van der Waals surface area contributed by atoms with Gasteiger partial charge in [0.25, 0.3) is 0 Å². The minimum Gasteiger partial charge on any atom is -0.507 e. The number of furan rings is 1. The first-order valence-corrected chi connectivity index (χ1v) is 18.1. The molecule has 0 radical (unpaired) electrons. The molecule has 0 aliphatic heterocycles. The molecule has 0 aliphatic carbocycles. The van der Waals surface area contributed by atoms with Crippen molar-refractivity contribution in [1.82, 2.24) is 9.55 Å². The zero-order valence-electron chi connectivity index (χ0n) is 29.1. The maximum atomic E-state index is 11.4. The van der Waals surface area contributed by atoms with E-state index in [0.717, 1.165) is 117 Å². The molecule has 0 unspecified atom stereocenters. The second-order valence-corrected chi connectivity index (χ2v) is 13.2. The number of aromatic hydroxyl groups is 1. The van der Waals surface area contributed by atoms with Crippen molar-refractivity contribution < 1.29 is 9.52 Å². The quantitative estimate of drug-likeness (QED) is 0.140. The zero-order chi connectivity index (χ0) is 34.7. The van der Waals surface area contributed by atoms with Crippen molar-refractivity contribution >= 4 is 44.9 Å². The average molecular weight is 668 g/mol. The maximum absolute atomic E-state index is 11.4. The van der Waals surface area contributed by atoms with Crippen LogP contribution in [0, 0.1) is 0 Å². The monoisotopic (exact) mass is 667 g/mol. The van der Waals surface area contributed by atoms with Gasteiger partial charge in [0.2, 0.25) is 0 Å². The summed E-state index contributed by atoms with van der Waals surface area (Å²) in [4.78, 5) is 10.5. The molecule has 252 valence electrons. The largest absolute Gasteiger partial charge is 0.507 e. The smallest absolute Gasteiger partial charge is 0.147 e. The van der Waals surface area contributed by atoms with Gasteiger partial charge in [0, 0.05) is 44.9 Å². The van der Waals surface area contributed by atoms with Gasteiger partial charge in [0.05, 0.1) is 16.7 Å². The summed E-state index contributed by atoms with van der Waals surface area (Å²) in [5.74, 6) is 1.11. The van der Waals surface area contributed by atoms with Gasteiger partial charge in [-0.2, -0.15) is 0 Å². The average Bonchev–Trinajstić information content (AvgIpc) is 3.76. The highest BCUT2D eigenvalue weighted by molar-refractivity contribution is 6.12. The summed E-state index contributed by atoms with van der Waals surface area (Å²) in [6.07, 6.45) is 8.00. The van der Waals surface area contributed by atoms with Crippen molar-refractivity contribution in [3.63, 3.8) is 0 Å². The van der Waals surface area contributed by atoms with Gasteiger partial charge >= 0.3 is 0 Å². The lowest BCUT2D eigenvalue weighted by Crippen LogP contribution is -1.98. The van der Waals surface area contributed by atoms with Gasteiger partial charge in [0.1, 0.15) is 22.7 Å². The lowest BCUT2D eigenvalue weighted by molar-refractivity contribution is 0.465. The molecule has 0 fully saturated rings. The summed E-state index contributed by atoms with van der Waals surface area (Å²) < 4.78 is 8.70. The number of nitrogens with zero attached hydrogens (tertiary/aromatic N) is 3. The number of aromatic nitrogens is 2. The third-order valence-corrected chi connectivity index (χ3v) is 9.78. The summed E-state index contributed by atoms with van der Waals surface area (Å²) in [5, 5.41) is 13.5. The number of aliphatic imine (C=N–C) groups is 1. The normalized spacial score (nSPS) is 11.8. The van der Waals surface area contributed by atoms with Crippen LogP contribution in [0.25, 0.3) is 61.2 Å². The molecule has 0 saturated carbocycles. The van der Waals surface area contributed by atoms with Crippen LogP contribution in [-0.2, 0) is 12.8 Å². The van der Waals surface area contributed by atoms with Gasteiger partial charge in [-0.05, 0) is 79.3 Å². The number of hydrogen-bond acceptors (Lipinski definition) is 4. The van der Waals surface area contributed by atoms with Gasteiger partial charge in [-0.15, -0.1) is 0 Å². The van der Waals surface area contributed by atoms with Gasteiger partial charge in [-0.25, -0.2) is 4.98 Å². The van der Waals surface area contributed by atoms with Crippen molar-refractivity contribution in [2.24, 2.45) is 4.99 Å².